The Bertz CT molecular complexity index is 629. The van der Waals surface area contributed by atoms with E-state index in [1.165, 1.54) is 29.9 Å². The second-order valence-corrected chi connectivity index (χ2v) is 6.50. The van der Waals surface area contributed by atoms with Crippen LogP contribution in [0.1, 0.15) is 29.1 Å². The highest BCUT2D eigenvalue weighted by Crippen LogP contribution is 2.17. The number of aromatic nitrogens is 3. The first-order valence-corrected chi connectivity index (χ1v) is 8.54. The van der Waals surface area contributed by atoms with Crippen LogP contribution >= 0.6 is 0 Å². The third kappa shape index (κ3) is 3.91. The van der Waals surface area contributed by atoms with Crippen molar-refractivity contribution in [2.24, 2.45) is 0 Å². The summed E-state index contributed by atoms with van der Waals surface area (Å²) in [6, 6.07) is 4.31. The van der Waals surface area contributed by atoms with Crippen molar-refractivity contribution >= 4 is 5.69 Å². The van der Waals surface area contributed by atoms with Crippen molar-refractivity contribution in [3.05, 3.63) is 41.0 Å². The summed E-state index contributed by atoms with van der Waals surface area (Å²) in [4.78, 5) is 9.37. The van der Waals surface area contributed by atoms with Crippen molar-refractivity contribution in [1.29, 1.82) is 0 Å². The molecule has 5 heteroatoms. The van der Waals surface area contributed by atoms with Gasteiger partial charge in [0.05, 0.1) is 5.69 Å². The Morgan fingerprint density at radius 1 is 1.13 bits per heavy atom. The number of rotatable bonds is 4. The van der Waals surface area contributed by atoms with Gasteiger partial charge in [-0.1, -0.05) is 0 Å². The molecule has 0 saturated carbocycles. The van der Waals surface area contributed by atoms with Gasteiger partial charge in [0.25, 0.3) is 0 Å². The summed E-state index contributed by atoms with van der Waals surface area (Å²) >= 11 is 0. The monoisotopic (exact) mass is 313 g/mol. The van der Waals surface area contributed by atoms with E-state index in [-0.39, 0.29) is 0 Å². The van der Waals surface area contributed by atoms with E-state index < -0.39 is 0 Å². The van der Waals surface area contributed by atoms with Crippen molar-refractivity contribution < 1.29 is 0 Å². The van der Waals surface area contributed by atoms with Crippen molar-refractivity contribution in [2.45, 2.75) is 33.6 Å². The normalized spacial score (nSPS) is 16.6. The van der Waals surface area contributed by atoms with Crippen LogP contribution in [0.3, 0.4) is 0 Å². The first-order chi connectivity index (χ1) is 11.1. The maximum absolute atomic E-state index is 4.30. The van der Waals surface area contributed by atoms with E-state index in [1.54, 1.807) is 0 Å². The van der Waals surface area contributed by atoms with Crippen molar-refractivity contribution in [1.82, 2.24) is 20.1 Å². The van der Waals surface area contributed by atoms with Crippen LogP contribution in [-0.4, -0.2) is 52.8 Å². The molecule has 0 unspecified atom stereocenters. The number of hydrogen-bond donors (Lipinski definition) is 1. The van der Waals surface area contributed by atoms with Gasteiger partial charge in [0.2, 0.25) is 0 Å². The van der Waals surface area contributed by atoms with Crippen LogP contribution in [0, 0.1) is 20.8 Å². The molecule has 0 atom stereocenters. The van der Waals surface area contributed by atoms with Gasteiger partial charge in [-0.25, -0.2) is 0 Å². The molecule has 0 aliphatic carbocycles. The summed E-state index contributed by atoms with van der Waals surface area (Å²) in [7, 11) is 0. The number of anilines is 1. The maximum atomic E-state index is 4.30. The van der Waals surface area contributed by atoms with Crippen LogP contribution < -0.4 is 4.90 Å². The molecule has 0 bridgehead atoms. The topological polar surface area (TPSA) is 48.0 Å². The number of pyridine rings is 1. The van der Waals surface area contributed by atoms with Crippen LogP contribution in [0.5, 0.6) is 0 Å². The largest absolute Gasteiger partial charge is 0.370 e. The molecule has 1 aliphatic heterocycles. The number of aromatic amines is 1. The minimum Gasteiger partial charge on any atom is -0.370 e. The molecule has 1 saturated heterocycles. The molecule has 0 amide bonds. The first-order valence-electron chi connectivity index (χ1n) is 8.54. The molecular weight excluding hydrogens is 286 g/mol. The van der Waals surface area contributed by atoms with Crippen molar-refractivity contribution in [3.8, 4) is 0 Å². The third-order valence-corrected chi connectivity index (χ3v) is 4.79. The fourth-order valence-corrected chi connectivity index (χ4v) is 3.39. The molecule has 124 valence electrons. The van der Waals surface area contributed by atoms with Gasteiger partial charge in [-0.15, -0.1) is 0 Å². The maximum Gasteiger partial charge on any atom is 0.0626 e. The molecule has 1 fully saturated rings. The van der Waals surface area contributed by atoms with E-state index in [9.17, 15) is 0 Å². The lowest BCUT2D eigenvalue weighted by atomic mass is 10.1. The fourth-order valence-electron chi connectivity index (χ4n) is 3.39. The summed E-state index contributed by atoms with van der Waals surface area (Å²) in [5, 5.41) is 7.39. The molecule has 2 aromatic heterocycles. The molecule has 2 aromatic rings. The molecule has 3 rings (SSSR count). The van der Waals surface area contributed by atoms with Gasteiger partial charge in [0.1, 0.15) is 0 Å². The Kier molecular flexibility index (Phi) is 4.96. The van der Waals surface area contributed by atoms with Crippen LogP contribution in [0.15, 0.2) is 18.3 Å². The summed E-state index contributed by atoms with van der Waals surface area (Å²) in [6.07, 6.45) is 4.21. The highest BCUT2D eigenvalue weighted by Gasteiger charge is 2.16. The third-order valence-electron chi connectivity index (χ3n) is 4.79. The highest BCUT2D eigenvalue weighted by molar-refractivity contribution is 5.46. The van der Waals surface area contributed by atoms with Crippen LogP contribution in [0.2, 0.25) is 0 Å². The molecule has 5 nitrogen and oxygen atoms in total. The summed E-state index contributed by atoms with van der Waals surface area (Å²) in [5.41, 5.74) is 6.14. The van der Waals surface area contributed by atoms with Gasteiger partial charge in [0.15, 0.2) is 0 Å². The Morgan fingerprint density at radius 2 is 2.00 bits per heavy atom. The quantitative estimate of drug-likeness (QED) is 0.942. The van der Waals surface area contributed by atoms with Gasteiger partial charge < -0.3 is 9.80 Å². The first kappa shape index (κ1) is 16.0. The lowest BCUT2D eigenvalue weighted by Gasteiger charge is -2.23. The lowest BCUT2D eigenvalue weighted by Crippen LogP contribution is -2.32. The van der Waals surface area contributed by atoms with Gasteiger partial charge in [-0.2, -0.15) is 5.10 Å². The number of aryl methyl sites for hydroxylation is 3. The Hall–Kier alpha value is -1.88. The zero-order valence-corrected chi connectivity index (χ0v) is 14.5. The second kappa shape index (κ2) is 7.13. The number of nitrogens with zero attached hydrogens (tertiary/aromatic N) is 4. The predicted molar refractivity (Wildman–Crippen MR) is 94.0 cm³/mol. The minimum atomic E-state index is 1.09. The Labute approximate surface area is 138 Å². The SMILES string of the molecule is Cc1cc(N2CCCN(CCc3c(C)n[nH]c3C)CC2)ccn1. The zero-order valence-electron chi connectivity index (χ0n) is 14.5. The van der Waals surface area contributed by atoms with E-state index in [1.807, 2.05) is 6.20 Å². The molecule has 0 radical (unpaired) electrons. The van der Waals surface area contributed by atoms with Crippen LogP contribution in [0.25, 0.3) is 0 Å². The molecule has 23 heavy (non-hydrogen) atoms. The predicted octanol–water partition coefficient (Wildman–Crippen LogP) is 2.48. The Balaban J connectivity index is 1.56. The summed E-state index contributed by atoms with van der Waals surface area (Å²) in [6.45, 7) is 11.9. The van der Waals surface area contributed by atoms with Gasteiger partial charge in [-0.3, -0.25) is 10.1 Å². The number of hydrogen-bond acceptors (Lipinski definition) is 4. The van der Waals surface area contributed by atoms with Gasteiger partial charge in [0, 0.05) is 49.5 Å². The lowest BCUT2D eigenvalue weighted by molar-refractivity contribution is 0.297. The summed E-state index contributed by atoms with van der Waals surface area (Å²) in [5.74, 6) is 0. The van der Waals surface area contributed by atoms with Crippen molar-refractivity contribution in [2.75, 3.05) is 37.6 Å². The van der Waals surface area contributed by atoms with Crippen molar-refractivity contribution in [3.63, 3.8) is 0 Å². The number of nitrogens with one attached hydrogen (secondary N) is 1. The van der Waals surface area contributed by atoms with E-state index in [2.05, 4.69) is 57.9 Å². The molecule has 0 aromatic carbocycles. The molecule has 0 spiro atoms. The molecular formula is C18H27N5. The average Bonchev–Trinajstić information content (AvgIpc) is 2.75. The Morgan fingerprint density at radius 3 is 2.74 bits per heavy atom. The number of H-pyrrole nitrogens is 1. The van der Waals surface area contributed by atoms with E-state index in [0.717, 1.165) is 44.0 Å². The van der Waals surface area contributed by atoms with E-state index in [0.29, 0.717) is 0 Å². The summed E-state index contributed by atoms with van der Waals surface area (Å²) < 4.78 is 0. The molecule has 1 aliphatic rings. The highest BCUT2D eigenvalue weighted by atomic mass is 15.2. The van der Waals surface area contributed by atoms with Gasteiger partial charge in [-0.05, 0) is 57.9 Å². The minimum absolute atomic E-state index is 1.09. The van der Waals surface area contributed by atoms with Crippen LogP contribution in [0.4, 0.5) is 5.69 Å². The fraction of sp³-hybridized carbons (Fsp3) is 0.556. The standard InChI is InChI=1S/C18H27N5/c1-14-13-17(5-7-19-14)23-9-4-8-22(11-12-23)10-6-18-15(2)20-21-16(18)3/h5,7,13H,4,6,8-12H2,1-3H3,(H,20,21). The van der Waals surface area contributed by atoms with E-state index in [4.69, 9.17) is 0 Å². The second-order valence-electron chi connectivity index (χ2n) is 6.50. The smallest absolute Gasteiger partial charge is 0.0626 e. The zero-order chi connectivity index (χ0) is 16.2. The molecule has 3 heterocycles. The van der Waals surface area contributed by atoms with Crippen LogP contribution in [-0.2, 0) is 6.42 Å². The average molecular weight is 313 g/mol. The van der Waals surface area contributed by atoms with Gasteiger partial charge >= 0.3 is 0 Å². The van der Waals surface area contributed by atoms with E-state index >= 15 is 0 Å². The molecule has 1 N–H and O–H groups in total.